The third-order valence-electron chi connectivity index (χ3n) is 2.67. The average Bonchev–Trinajstić information content (AvgIpc) is 2.73. The molecule has 0 bridgehead atoms. The van der Waals surface area contributed by atoms with E-state index in [1.807, 2.05) is 19.2 Å². The summed E-state index contributed by atoms with van der Waals surface area (Å²) in [6, 6.07) is 3.38. The quantitative estimate of drug-likeness (QED) is 0.926. The van der Waals surface area contributed by atoms with Crippen molar-refractivity contribution in [3.63, 3.8) is 0 Å². The van der Waals surface area contributed by atoms with Crippen LogP contribution < -0.4 is 5.32 Å². The van der Waals surface area contributed by atoms with Gasteiger partial charge in [-0.1, -0.05) is 18.5 Å². The smallest absolute Gasteiger partial charge is 0.257 e. The van der Waals surface area contributed by atoms with Crippen LogP contribution in [-0.2, 0) is 6.42 Å². The van der Waals surface area contributed by atoms with Gasteiger partial charge in [-0.25, -0.2) is 4.98 Å². The van der Waals surface area contributed by atoms with Gasteiger partial charge in [-0.2, -0.15) is 0 Å². The number of anilines is 1. The van der Waals surface area contributed by atoms with Gasteiger partial charge in [-0.15, -0.1) is 11.3 Å². The number of pyridine rings is 1. The molecule has 0 aliphatic rings. The van der Waals surface area contributed by atoms with E-state index < -0.39 is 0 Å². The highest BCUT2D eigenvalue weighted by Gasteiger charge is 2.14. The highest BCUT2D eigenvalue weighted by Crippen LogP contribution is 2.23. The van der Waals surface area contributed by atoms with Gasteiger partial charge in [0.05, 0.1) is 10.6 Å². The molecule has 0 unspecified atom stereocenters. The van der Waals surface area contributed by atoms with Crippen LogP contribution in [0.2, 0.25) is 5.02 Å². The molecular formula is C13H13ClN2OS. The molecule has 2 heterocycles. The zero-order chi connectivity index (χ0) is 13.1. The summed E-state index contributed by atoms with van der Waals surface area (Å²) < 4.78 is 0. The topological polar surface area (TPSA) is 42.0 Å². The molecule has 94 valence electrons. The molecular weight excluding hydrogens is 268 g/mol. The predicted molar refractivity (Wildman–Crippen MR) is 75.6 cm³/mol. The molecule has 0 aliphatic carbocycles. The Balaban J connectivity index is 2.19. The van der Waals surface area contributed by atoms with Crippen LogP contribution in [0.25, 0.3) is 0 Å². The molecule has 0 spiro atoms. The lowest BCUT2D eigenvalue weighted by Crippen LogP contribution is -2.13. The number of aryl methyl sites for hydroxylation is 1. The first-order valence-electron chi connectivity index (χ1n) is 5.61. The Bertz CT molecular complexity index is 563. The summed E-state index contributed by atoms with van der Waals surface area (Å²) >= 11 is 7.34. The number of nitrogens with zero attached hydrogens (tertiary/aromatic N) is 1. The largest absolute Gasteiger partial charge is 0.307 e. The maximum atomic E-state index is 12.1. The number of halogens is 1. The monoisotopic (exact) mass is 280 g/mol. The van der Waals surface area contributed by atoms with E-state index in [0.29, 0.717) is 10.8 Å². The van der Waals surface area contributed by atoms with Gasteiger partial charge in [0.15, 0.2) is 0 Å². The van der Waals surface area contributed by atoms with Crippen molar-refractivity contribution in [3.05, 3.63) is 44.7 Å². The second kappa shape index (κ2) is 5.50. The number of aromatic nitrogens is 1. The molecule has 0 saturated heterocycles. The Morgan fingerprint density at radius 1 is 1.50 bits per heavy atom. The predicted octanol–water partition coefficient (Wildman–Crippen LogP) is 3.92. The lowest BCUT2D eigenvalue weighted by atomic mass is 10.1. The van der Waals surface area contributed by atoms with Crippen LogP contribution in [0, 0.1) is 6.92 Å². The number of rotatable bonds is 3. The molecule has 2 aromatic rings. The van der Waals surface area contributed by atoms with Crippen LogP contribution in [-0.4, -0.2) is 10.9 Å². The van der Waals surface area contributed by atoms with Crippen LogP contribution in [0.15, 0.2) is 23.7 Å². The average molecular weight is 281 g/mol. The molecule has 18 heavy (non-hydrogen) atoms. The van der Waals surface area contributed by atoms with Gasteiger partial charge in [0.25, 0.3) is 5.91 Å². The first kappa shape index (κ1) is 13.1. The lowest BCUT2D eigenvalue weighted by molar-refractivity contribution is 0.102. The third-order valence-corrected chi connectivity index (χ3v) is 3.85. The molecule has 2 aromatic heterocycles. The maximum Gasteiger partial charge on any atom is 0.257 e. The van der Waals surface area contributed by atoms with Gasteiger partial charge >= 0.3 is 0 Å². The normalized spacial score (nSPS) is 10.4. The number of hydrogen-bond donors (Lipinski definition) is 1. The van der Waals surface area contributed by atoms with Crippen molar-refractivity contribution in [3.8, 4) is 0 Å². The van der Waals surface area contributed by atoms with E-state index in [1.165, 1.54) is 11.1 Å². The summed E-state index contributed by atoms with van der Waals surface area (Å²) in [6.07, 6.45) is 2.36. The van der Waals surface area contributed by atoms with Gasteiger partial charge in [0.1, 0.15) is 5.82 Å². The number of carbonyl (C=O) groups is 1. The van der Waals surface area contributed by atoms with Gasteiger partial charge < -0.3 is 5.32 Å². The van der Waals surface area contributed by atoms with Gasteiger partial charge in [0, 0.05) is 16.5 Å². The number of amides is 1. The molecule has 2 rings (SSSR count). The van der Waals surface area contributed by atoms with E-state index in [0.717, 1.165) is 17.5 Å². The van der Waals surface area contributed by atoms with Crippen LogP contribution in [0.3, 0.4) is 0 Å². The Kier molecular flexibility index (Phi) is 3.99. The minimum atomic E-state index is -0.119. The van der Waals surface area contributed by atoms with E-state index in [2.05, 4.69) is 10.3 Å². The molecule has 0 aliphatic heterocycles. The summed E-state index contributed by atoms with van der Waals surface area (Å²) in [6.45, 7) is 4.08. The number of carbonyl (C=O) groups excluding carboxylic acids is 1. The van der Waals surface area contributed by atoms with E-state index in [4.69, 9.17) is 11.6 Å². The highest BCUT2D eigenvalue weighted by atomic mass is 35.5. The van der Waals surface area contributed by atoms with Crippen molar-refractivity contribution in [2.75, 3.05) is 5.32 Å². The zero-order valence-corrected chi connectivity index (χ0v) is 11.7. The van der Waals surface area contributed by atoms with E-state index >= 15 is 0 Å². The van der Waals surface area contributed by atoms with Crippen molar-refractivity contribution in [2.24, 2.45) is 0 Å². The Labute approximate surface area is 115 Å². The SMILES string of the molecule is CCc1c(C(=O)Nc2ccc(Cl)cn2)csc1C. The molecule has 0 saturated carbocycles. The van der Waals surface area contributed by atoms with E-state index in [9.17, 15) is 4.79 Å². The fraction of sp³-hybridized carbons (Fsp3) is 0.231. The number of hydrogen-bond acceptors (Lipinski definition) is 3. The van der Waals surface area contributed by atoms with E-state index in [-0.39, 0.29) is 5.91 Å². The Morgan fingerprint density at radius 2 is 2.28 bits per heavy atom. The van der Waals surface area contributed by atoms with Gasteiger partial charge in [-0.05, 0) is 31.0 Å². The number of thiophene rings is 1. The molecule has 0 fully saturated rings. The standard InChI is InChI=1S/C13H13ClN2OS/c1-3-10-8(2)18-7-11(10)13(17)16-12-5-4-9(14)6-15-12/h4-7H,3H2,1-2H3,(H,15,16,17). The van der Waals surface area contributed by atoms with Crippen LogP contribution in [0.5, 0.6) is 0 Å². The minimum absolute atomic E-state index is 0.119. The minimum Gasteiger partial charge on any atom is -0.307 e. The Hall–Kier alpha value is -1.39. The van der Waals surface area contributed by atoms with Crippen molar-refractivity contribution in [1.82, 2.24) is 4.98 Å². The summed E-state index contributed by atoms with van der Waals surface area (Å²) in [4.78, 5) is 17.3. The van der Waals surface area contributed by atoms with Gasteiger partial charge in [0.2, 0.25) is 0 Å². The number of nitrogens with one attached hydrogen (secondary N) is 1. The van der Waals surface area contributed by atoms with Crippen LogP contribution in [0.1, 0.15) is 27.7 Å². The molecule has 3 nitrogen and oxygen atoms in total. The summed E-state index contributed by atoms with van der Waals surface area (Å²) in [5.41, 5.74) is 1.84. The maximum absolute atomic E-state index is 12.1. The van der Waals surface area contributed by atoms with Crippen molar-refractivity contribution in [1.29, 1.82) is 0 Å². The van der Waals surface area contributed by atoms with Crippen molar-refractivity contribution < 1.29 is 4.79 Å². The fourth-order valence-corrected chi connectivity index (χ4v) is 2.79. The first-order chi connectivity index (χ1) is 8.61. The summed E-state index contributed by atoms with van der Waals surface area (Å²) in [5.74, 6) is 0.390. The zero-order valence-electron chi connectivity index (χ0n) is 10.2. The first-order valence-corrected chi connectivity index (χ1v) is 6.87. The molecule has 0 radical (unpaired) electrons. The summed E-state index contributed by atoms with van der Waals surface area (Å²) in [5, 5.41) is 5.21. The fourth-order valence-electron chi connectivity index (χ4n) is 1.74. The highest BCUT2D eigenvalue weighted by molar-refractivity contribution is 7.10. The van der Waals surface area contributed by atoms with Crippen LogP contribution >= 0.6 is 22.9 Å². The second-order valence-electron chi connectivity index (χ2n) is 3.85. The van der Waals surface area contributed by atoms with Crippen molar-refractivity contribution in [2.45, 2.75) is 20.3 Å². The summed E-state index contributed by atoms with van der Waals surface area (Å²) in [7, 11) is 0. The molecule has 1 amide bonds. The molecule has 1 N–H and O–H groups in total. The van der Waals surface area contributed by atoms with Crippen LogP contribution in [0.4, 0.5) is 5.82 Å². The molecule has 5 heteroatoms. The third kappa shape index (κ3) is 2.71. The van der Waals surface area contributed by atoms with Crippen molar-refractivity contribution >= 4 is 34.7 Å². The molecule has 0 atom stereocenters. The van der Waals surface area contributed by atoms with Gasteiger partial charge in [-0.3, -0.25) is 4.79 Å². The Morgan fingerprint density at radius 3 is 2.89 bits per heavy atom. The lowest BCUT2D eigenvalue weighted by Gasteiger charge is -2.05. The van der Waals surface area contributed by atoms with E-state index in [1.54, 1.807) is 23.5 Å². The molecule has 0 aromatic carbocycles. The second-order valence-corrected chi connectivity index (χ2v) is 5.37.